The molecule has 1 aromatic heterocycles. The monoisotopic (exact) mass is 635 g/mol. The van der Waals surface area contributed by atoms with E-state index >= 15 is 0 Å². The maximum Gasteiger partial charge on any atom is 0.305 e. The molecule has 4 heterocycles. The number of fused-ring (bicyclic) bond motifs is 9. The number of aromatic amines is 1. The van der Waals surface area contributed by atoms with Gasteiger partial charge in [0.1, 0.15) is 5.75 Å². The van der Waals surface area contributed by atoms with Crippen LogP contribution in [0.25, 0.3) is 0 Å². The summed E-state index contributed by atoms with van der Waals surface area (Å²) in [5.41, 5.74) is 1.44. The number of rotatable bonds is 5. The van der Waals surface area contributed by atoms with Gasteiger partial charge in [0.05, 0.1) is 22.5 Å². The predicted octanol–water partition coefficient (Wildman–Crippen LogP) is 5.16. The minimum absolute atomic E-state index is 0.00119. The molecular weight excluding hydrogens is 606 g/mol. The van der Waals surface area contributed by atoms with Gasteiger partial charge < -0.3 is 14.6 Å². The second-order valence-electron chi connectivity index (χ2n) is 12.2. The molecule has 4 fully saturated rings. The number of aromatic nitrogens is 1. The van der Waals surface area contributed by atoms with Gasteiger partial charge in [-0.25, -0.2) is 0 Å². The van der Waals surface area contributed by atoms with Crippen molar-refractivity contribution in [1.29, 1.82) is 0 Å². The predicted molar refractivity (Wildman–Crippen MR) is 165 cm³/mol. The van der Waals surface area contributed by atoms with E-state index in [2.05, 4.69) is 4.98 Å². The van der Waals surface area contributed by atoms with Crippen LogP contribution in [-0.2, 0) is 14.4 Å². The van der Waals surface area contributed by atoms with Gasteiger partial charge >= 0.3 is 4.87 Å². The van der Waals surface area contributed by atoms with Gasteiger partial charge in [-0.1, -0.05) is 41.1 Å². The van der Waals surface area contributed by atoms with Crippen LogP contribution in [0.5, 0.6) is 5.75 Å². The number of ether oxygens (including phenoxy) is 1. The largest absolute Gasteiger partial charge is 0.483 e. The third-order valence-corrected chi connectivity index (χ3v) is 12.9. The van der Waals surface area contributed by atoms with E-state index in [0.29, 0.717) is 16.5 Å². The number of thioether (sulfide) groups is 1. The van der Waals surface area contributed by atoms with E-state index in [0.717, 1.165) is 54.2 Å². The highest BCUT2D eigenvalue weighted by molar-refractivity contribution is 8.00. The quantitative estimate of drug-likeness (QED) is 0.389. The molecule has 2 saturated heterocycles. The van der Waals surface area contributed by atoms with Crippen molar-refractivity contribution >= 4 is 58.1 Å². The second kappa shape index (κ2) is 10.5. The first-order chi connectivity index (χ1) is 20.9. The van der Waals surface area contributed by atoms with E-state index in [9.17, 15) is 19.2 Å². The first-order valence-corrected chi connectivity index (χ1v) is 17.0. The summed E-state index contributed by atoms with van der Waals surface area (Å²) in [6.07, 6.45) is 3.93. The molecule has 8 nitrogen and oxygen atoms in total. The number of hydrogen-bond acceptors (Lipinski definition) is 7. The summed E-state index contributed by atoms with van der Waals surface area (Å²) in [6.45, 7) is 1.42. The zero-order valence-electron chi connectivity index (χ0n) is 23.2. The molecular formula is C32H30ClN3O5S2. The highest BCUT2D eigenvalue weighted by Gasteiger charge is 2.69. The third kappa shape index (κ3) is 4.31. The number of thiazole rings is 1. The Morgan fingerprint density at radius 1 is 0.977 bits per heavy atom. The van der Waals surface area contributed by atoms with Gasteiger partial charge in [-0.2, -0.15) is 0 Å². The fourth-order valence-corrected chi connectivity index (χ4v) is 11.5. The van der Waals surface area contributed by atoms with Crippen molar-refractivity contribution in [2.24, 2.45) is 29.6 Å². The normalized spacial score (nSPS) is 30.8. The molecule has 3 aliphatic heterocycles. The number of piperidine rings is 1. The van der Waals surface area contributed by atoms with Crippen LogP contribution >= 0.6 is 34.7 Å². The number of halogens is 1. The van der Waals surface area contributed by atoms with Crippen LogP contribution in [0.4, 0.5) is 5.69 Å². The molecule has 2 aromatic carbocycles. The Kier molecular flexibility index (Phi) is 6.72. The Hall–Kier alpha value is -3.08. The van der Waals surface area contributed by atoms with Gasteiger partial charge in [-0.15, -0.1) is 11.8 Å². The Bertz CT molecular complexity index is 1690. The lowest BCUT2D eigenvalue weighted by Gasteiger charge is -2.43. The molecule has 8 rings (SSSR count). The number of nitrogens with one attached hydrogen (secondary N) is 1. The molecule has 6 unspecified atom stereocenters. The van der Waals surface area contributed by atoms with Gasteiger partial charge in [0.2, 0.25) is 11.8 Å². The van der Waals surface area contributed by atoms with Gasteiger partial charge in [0.25, 0.3) is 5.91 Å². The van der Waals surface area contributed by atoms with Crippen LogP contribution in [0.15, 0.2) is 58.4 Å². The lowest BCUT2D eigenvalue weighted by atomic mass is 9.68. The minimum Gasteiger partial charge on any atom is -0.483 e. The van der Waals surface area contributed by atoms with Crippen LogP contribution in [0.1, 0.15) is 42.0 Å². The van der Waals surface area contributed by atoms with Crippen molar-refractivity contribution in [2.45, 2.75) is 41.9 Å². The Balaban J connectivity index is 1.17. The average Bonchev–Trinajstić information content (AvgIpc) is 3.76. The summed E-state index contributed by atoms with van der Waals surface area (Å²) in [5, 5.41) is 1.40. The molecule has 2 bridgehead atoms. The lowest BCUT2D eigenvalue weighted by molar-refractivity contribution is -0.134. The molecule has 3 amide bonds. The summed E-state index contributed by atoms with van der Waals surface area (Å²) in [5.74, 6) is -0.752. The zero-order valence-corrected chi connectivity index (χ0v) is 25.6. The number of para-hydroxylation sites is 1. The van der Waals surface area contributed by atoms with Gasteiger partial charge in [0, 0.05) is 39.7 Å². The SMILES string of the molecule is O=C(COc1ccc(Cl)cc1[C@H]1c2sc(=O)[nH]c2SC2C3CC(C4C(=O)N(c5ccccc5)C(=O)C34)C21)N1CCCCC1. The smallest absolute Gasteiger partial charge is 0.305 e. The summed E-state index contributed by atoms with van der Waals surface area (Å²) < 4.78 is 6.24. The molecule has 2 aliphatic carbocycles. The fraction of sp³-hybridized carbons (Fsp3) is 0.438. The number of imide groups is 1. The van der Waals surface area contributed by atoms with Crippen LogP contribution in [0, 0.1) is 29.6 Å². The fourth-order valence-electron chi connectivity index (χ4n) is 8.46. The average molecular weight is 636 g/mol. The van der Waals surface area contributed by atoms with Gasteiger partial charge in [-0.3, -0.25) is 24.1 Å². The molecule has 0 radical (unpaired) electrons. The number of likely N-dealkylation sites (tertiary alicyclic amines) is 1. The number of amides is 3. The summed E-state index contributed by atoms with van der Waals surface area (Å²) in [6, 6.07) is 14.6. The molecule has 5 aliphatic rings. The molecule has 11 heteroatoms. The molecule has 222 valence electrons. The summed E-state index contributed by atoms with van der Waals surface area (Å²) in [7, 11) is 0. The topological polar surface area (TPSA) is 99.8 Å². The van der Waals surface area contributed by atoms with Crippen molar-refractivity contribution in [1.82, 2.24) is 9.88 Å². The molecule has 1 N–H and O–H groups in total. The van der Waals surface area contributed by atoms with E-state index in [1.54, 1.807) is 17.8 Å². The van der Waals surface area contributed by atoms with Crippen LogP contribution in [0.2, 0.25) is 5.02 Å². The minimum atomic E-state index is -0.400. The standard InChI is InChI=1S/C32H30ClN3O5S2/c33-16-9-10-21(41-15-22(37)35-11-5-2-6-12-35)18(13-16)23-24-19-14-20(27(24)42-29-28(23)43-32(40)34-29)26-25(19)30(38)36(31(26)39)17-7-3-1-4-8-17/h1,3-4,7-10,13,19-20,23-27H,2,5-6,11-12,14-15H2,(H,34,40)/t19?,20?,23-,24?,25?,26?,27?/m1/s1. The summed E-state index contributed by atoms with van der Waals surface area (Å²) >= 11 is 9.42. The van der Waals surface area contributed by atoms with Crippen LogP contribution < -0.4 is 14.5 Å². The number of benzene rings is 2. The van der Waals surface area contributed by atoms with Crippen molar-refractivity contribution in [3.05, 3.63) is 73.7 Å². The van der Waals surface area contributed by atoms with Crippen LogP contribution in [0.3, 0.4) is 0 Å². The highest BCUT2D eigenvalue weighted by Crippen LogP contribution is 2.69. The maximum atomic E-state index is 14.0. The molecule has 7 atom stereocenters. The maximum absolute atomic E-state index is 14.0. The van der Waals surface area contributed by atoms with Crippen LogP contribution in [-0.4, -0.2) is 52.6 Å². The Morgan fingerprint density at radius 3 is 2.49 bits per heavy atom. The summed E-state index contributed by atoms with van der Waals surface area (Å²) in [4.78, 5) is 60.5. The van der Waals surface area contributed by atoms with E-state index < -0.39 is 5.92 Å². The molecule has 3 aromatic rings. The van der Waals surface area contributed by atoms with E-state index in [1.807, 2.05) is 47.4 Å². The highest BCUT2D eigenvalue weighted by atomic mass is 35.5. The Labute approximate surface area is 261 Å². The molecule has 0 spiro atoms. The van der Waals surface area contributed by atoms with Crippen molar-refractivity contribution in [3.8, 4) is 5.75 Å². The van der Waals surface area contributed by atoms with E-state index in [-0.39, 0.29) is 64.0 Å². The zero-order chi connectivity index (χ0) is 29.4. The van der Waals surface area contributed by atoms with Crippen molar-refractivity contribution < 1.29 is 19.1 Å². The first kappa shape index (κ1) is 27.5. The molecule has 43 heavy (non-hydrogen) atoms. The number of H-pyrrole nitrogens is 1. The van der Waals surface area contributed by atoms with Crippen molar-refractivity contribution in [2.75, 3.05) is 24.6 Å². The van der Waals surface area contributed by atoms with Gasteiger partial charge in [-0.05, 0) is 73.8 Å². The lowest BCUT2D eigenvalue weighted by Crippen LogP contribution is -2.43. The molecule has 2 saturated carbocycles. The first-order valence-electron chi connectivity index (χ1n) is 14.9. The number of carbonyl (C=O) groups excluding carboxylic acids is 3. The van der Waals surface area contributed by atoms with E-state index in [4.69, 9.17) is 16.3 Å². The third-order valence-electron chi connectivity index (χ3n) is 10.1. The number of carbonyl (C=O) groups is 3. The number of anilines is 1. The second-order valence-corrected chi connectivity index (χ2v) is 14.9. The number of nitrogens with zero attached hydrogens (tertiary/aromatic N) is 2. The van der Waals surface area contributed by atoms with Crippen molar-refractivity contribution in [3.63, 3.8) is 0 Å². The van der Waals surface area contributed by atoms with Gasteiger partial charge in [0.15, 0.2) is 6.61 Å². The Morgan fingerprint density at radius 2 is 1.72 bits per heavy atom. The number of hydrogen-bond donors (Lipinski definition) is 1. The van der Waals surface area contributed by atoms with E-state index in [1.165, 1.54) is 16.2 Å².